The molecule has 12 nitrogen and oxygen atoms in total. The van der Waals surface area contributed by atoms with Crippen LogP contribution in [0.2, 0.25) is 0 Å². The second-order valence-corrected chi connectivity index (χ2v) is 23.1. The van der Waals surface area contributed by atoms with E-state index in [0.717, 1.165) is 38.5 Å². The summed E-state index contributed by atoms with van der Waals surface area (Å²) < 4.78 is 23.9. The number of alkyl carbamates (subject to hydrolysis) is 2. The Hall–Kier alpha value is -2.15. The number of rotatable bonds is 9. The van der Waals surface area contributed by atoms with Crippen molar-refractivity contribution in [3.05, 3.63) is 0 Å². The molecular formula is C45H76N2O10. The molecule has 1 aliphatic heterocycles. The molecule has 5 N–H and O–H groups in total. The molecule has 13 unspecified atom stereocenters. The first kappa shape index (κ1) is 44.4. The van der Waals surface area contributed by atoms with Crippen LogP contribution in [0.3, 0.4) is 0 Å². The third-order valence-corrected chi connectivity index (χ3v) is 16.3. The van der Waals surface area contributed by atoms with Gasteiger partial charge in [0.05, 0.1) is 29.5 Å². The van der Waals surface area contributed by atoms with Crippen molar-refractivity contribution in [1.29, 1.82) is 0 Å². The Bertz CT molecular complexity index is 1560. The van der Waals surface area contributed by atoms with Crippen LogP contribution < -0.4 is 10.6 Å². The van der Waals surface area contributed by atoms with Crippen molar-refractivity contribution >= 4 is 18.2 Å². The van der Waals surface area contributed by atoms with Gasteiger partial charge in [-0.1, -0.05) is 27.7 Å². The molecular weight excluding hydrogens is 728 g/mol. The fourth-order valence-corrected chi connectivity index (χ4v) is 14.1. The monoisotopic (exact) mass is 805 g/mol. The molecule has 0 radical (unpaired) electrons. The zero-order chi connectivity index (χ0) is 42.6. The molecule has 2 amide bonds. The molecule has 57 heavy (non-hydrogen) atoms. The number of carbonyl (C=O) groups excluding carboxylic acids is 3. The van der Waals surface area contributed by atoms with Crippen molar-refractivity contribution in [2.75, 3.05) is 6.54 Å². The zero-order valence-corrected chi connectivity index (χ0v) is 37.3. The Morgan fingerprint density at radius 2 is 1.42 bits per heavy atom. The summed E-state index contributed by atoms with van der Waals surface area (Å²) in [4.78, 5) is 39.2. The van der Waals surface area contributed by atoms with Gasteiger partial charge in [0.25, 0.3) is 0 Å². The molecule has 1 heterocycles. The quantitative estimate of drug-likeness (QED) is 0.0913. The van der Waals surface area contributed by atoms with Crippen molar-refractivity contribution in [2.45, 2.75) is 213 Å². The lowest BCUT2D eigenvalue weighted by molar-refractivity contribution is -0.218. The van der Waals surface area contributed by atoms with Gasteiger partial charge in [-0.15, -0.1) is 0 Å². The number of aliphatic hydroxyl groups excluding tert-OH is 2. The fourth-order valence-electron chi connectivity index (χ4n) is 14.1. The van der Waals surface area contributed by atoms with Crippen LogP contribution in [-0.4, -0.2) is 92.9 Å². The third-order valence-electron chi connectivity index (χ3n) is 16.3. The second kappa shape index (κ2) is 14.2. The van der Waals surface area contributed by atoms with Gasteiger partial charge in [-0.3, -0.25) is 0 Å². The van der Waals surface area contributed by atoms with Crippen LogP contribution in [0.5, 0.6) is 0 Å². The van der Waals surface area contributed by atoms with Crippen molar-refractivity contribution in [2.24, 2.45) is 44.8 Å². The minimum Gasteiger partial charge on any atom is -0.460 e. The summed E-state index contributed by atoms with van der Waals surface area (Å²) >= 11 is 0. The predicted molar refractivity (Wildman–Crippen MR) is 215 cm³/mol. The summed E-state index contributed by atoms with van der Waals surface area (Å²) in [5.41, 5.74) is -3.92. The normalized spacial score (nSPS) is 42.7. The van der Waals surface area contributed by atoms with E-state index in [1.165, 1.54) is 0 Å². The van der Waals surface area contributed by atoms with Gasteiger partial charge in [0.2, 0.25) is 0 Å². The molecule has 2 spiro atoms. The summed E-state index contributed by atoms with van der Waals surface area (Å²) in [7, 11) is 0. The summed E-state index contributed by atoms with van der Waals surface area (Å²) in [5.74, 6) is -0.480. The minimum atomic E-state index is -0.998. The second-order valence-electron chi connectivity index (χ2n) is 23.1. The topological polar surface area (TPSA) is 173 Å². The molecule has 12 heteroatoms. The summed E-state index contributed by atoms with van der Waals surface area (Å²) in [6.07, 6.45) is 4.82. The molecule has 0 aromatic rings. The third kappa shape index (κ3) is 7.62. The number of ether oxygens (including phenoxy) is 4. The zero-order valence-electron chi connectivity index (χ0n) is 37.3. The molecule has 0 aromatic carbocycles. The molecule has 1 saturated heterocycles. The van der Waals surface area contributed by atoms with Crippen molar-refractivity contribution in [3.63, 3.8) is 0 Å². The number of hydrogen-bond donors (Lipinski definition) is 5. The van der Waals surface area contributed by atoms with Gasteiger partial charge < -0.3 is 44.9 Å². The van der Waals surface area contributed by atoms with E-state index in [-0.39, 0.29) is 58.5 Å². The van der Waals surface area contributed by atoms with Crippen LogP contribution in [0.25, 0.3) is 0 Å². The van der Waals surface area contributed by atoms with Gasteiger partial charge in [0, 0.05) is 17.9 Å². The number of amides is 2. The molecule has 5 aliphatic carbocycles. The standard InChI is InChI=1S/C45H76N2O10/c1-37(2,3)56-35(51)46-22-14-15-26(47-36(52)57-38(4,5)6)34(50)54-30-17-19-45-25-44(45)21-20-41(11)33(43(13)18-16-31(55-43)40(9,10)53)28(49)24-42(41,12)29(44)23-27(48)32(45)39(30,7)8/h26-33,48-49,53H,14-25H2,1-13H3,(H,46,51)(H,47,52). The van der Waals surface area contributed by atoms with Gasteiger partial charge in [0.15, 0.2) is 0 Å². The van der Waals surface area contributed by atoms with Crippen LogP contribution in [0, 0.1) is 44.8 Å². The van der Waals surface area contributed by atoms with Crippen LogP contribution in [0.1, 0.15) is 161 Å². The first-order valence-electron chi connectivity index (χ1n) is 21.9. The molecule has 5 saturated carbocycles. The van der Waals surface area contributed by atoms with E-state index in [2.05, 4.69) is 45.3 Å². The SMILES string of the molecule is CC(C)(C)OC(=O)NCCCC(NC(=O)OC(C)(C)C)C(=O)OC1CCC23CC24CCC2(C)C(C5(C)CCC(C(C)(C)O)O5)C(O)CC2(C)C4CC(O)C3C1(C)C. The lowest BCUT2D eigenvalue weighted by Gasteiger charge is -2.64. The minimum absolute atomic E-state index is 0.0427. The number of esters is 1. The summed E-state index contributed by atoms with van der Waals surface area (Å²) in [6.45, 7) is 25.7. The van der Waals surface area contributed by atoms with Gasteiger partial charge >= 0.3 is 18.2 Å². The lowest BCUT2D eigenvalue weighted by Crippen LogP contribution is -2.62. The molecule has 6 rings (SSSR count). The fraction of sp³-hybridized carbons (Fsp3) is 0.933. The molecule has 6 fully saturated rings. The van der Waals surface area contributed by atoms with E-state index in [4.69, 9.17) is 18.9 Å². The van der Waals surface area contributed by atoms with E-state index < -0.39 is 70.3 Å². The maximum atomic E-state index is 14.0. The van der Waals surface area contributed by atoms with Crippen molar-refractivity contribution in [3.8, 4) is 0 Å². The van der Waals surface area contributed by atoms with Crippen molar-refractivity contribution in [1.82, 2.24) is 10.6 Å². The van der Waals surface area contributed by atoms with E-state index >= 15 is 0 Å². The predicted octanol–water partition coefficient (Wildman–Crippen LogP) is 7.19. The van der Waals surface area contributed by atoms with Gasteiger partial charge in [-0.25, -0.2) is 14.4 Å². The first-order chi connectivity index (χ1) is 25.9. The van der Waals surface area contributed by atoms with E-state index in [1.807, 2.05) is 13.8 Å². The largest absolute Gasteiger partial charge is 0.460 e. The highest BCUT2D eigenvalue weighted by atomic mass is 16.6. The highest BCUT2D eigenvalue weighted by Gasteiger charge is 2.85. The smallest absolute Gasteiger partial charge is 0.408 e. The molecule has 326 valence electrons. The van der Waals surface area contributed by atoms with Crippen LogP contribution in [-0.2, 0) is 23.7 Å². The summed E-state index contributed by atoms with van der Waals surface area (Å²) in [5, 5.41) is 40.7. The first-order valence-corrected chi connectivity index (χ1v) is 21.9. The molecule has 6 aliphatic rings. The molecule has 0 aromatic heterocycles. The Balaban J connectivity index is 1.17. The Morgan fingerprint density at radius 3 is 2.02 bits per heavy atom. The maximum Gasteiger partial charge on any atom is 0.408 e. The number of fused-ring (bicyclic) bond motifs is 2. The van der Waals surface area contributed by atoms with Gasteiger partial charge in [0.1, 0.15) is 23.3 Å². The van der Waals surface area contributed by atoms with Gasteiger partial charge in [-0.05, 0) is 166 Å². The summed E-state index contributed by atoms with van der Waals surface area (Å²) in [6, 6.07) is -0.998. The molecule has 13 atom stereocenters. The van der Waals surface area contributed by atoms with Crippen LogP contribution in [0.15, 0.2) is 0 Å². The Morgan fingerprint density at radius 1 is 0.789 bits per heavy atom. The number of hydrogen-bond acceptors (Lipinski definition) is 10. The Labute approximate surface area is 341 Å². The average Bonchev–Trinajstić information content (AvgIpc) is 3.39. The van der Waals surface area contributed by atoms with E-state index in [1.54, 1.807) is 41.5 Å². The highest BCUT2D eigenvalue weighted by Crippen LogP contribution is 2.89. The van der Waals surface area contributed by atoms with E-state index in [0.29, 0.717) is 25.7 Å². The van der Waals surface area contributed by atoms with Gasteiger partial charge in [-0.2, -0.15) is 0 Å². The number of aliphatic hydroxyl groups is 3. The number of nitrogens with one attached hydrogen (secondary N) is 2. The van der Waals surface area contributed by atoms with Crippen LogP contribution in [0.4, 0.5) is 9.59 Å². The average molecular weight is 805 g/mol. The number of carbonyl (C=O) groups is 3. The lowest BCUT2D eigenvalue weighted by atomic mass is 9.41. The molecule has 0 bridgehead atoms. The van der Waals surface area contributed by atoms with Crippen LogP contribution >= 0.6 is 0 Å². The van der Waals surface area contributed by atoms with Crippen molar-refractivity contribution < 1.29 is 48.7 Å². The highest BCUT2D eigenvalue weighted by molar-refractivity contribution is 5.81. The van der Waals surface area contributed by atoms with E-state index in [9.17, 15) is 29.7 Å². The maximum absolute atomic E-state index is 14.0. The Kier molecular flexibility index (Phi) is 11.1.